The first-order valence-electron chi connectivity index (χ1n) is 9.61. The average molecular weight is 415 g/mol. The summed E-state index contributed by atoms with van der Waals surface area (Å²) in [4.78, 5) is 24.3. The van der Waals surface area contributed by atoms with Crippen LogP contribution in [0.2, 0.25) is 0 Å². The van der Waals surface area contributed by atoms with Gasteiger partial charge in [-0.2, -0.15) is 0 Å². The van der Waals surface area contributed by atoms with Crippen LogP contribution in [-0.2, 0) is 31.5 Å². The predicted octanol–water partition coefficient (Wildman–Crippen LogP) is 2.42. The molecule has 0 fully saturated rings. The third kappa shape index (κ3) is 5.74. The molecule has 1 aliphatic heterocycles. The fourth-order valence-corrected chi connectivity index (χ4v) is 4.18. The number of aryl methyl sites for hydroxylation is 1. The molecule has 2 amide bonds. The maximum absolute atomic E-state index is 12.2. The number of nitrogens with one attached hydrogen (secondary N) is 2. The average Bonchev–Trinajstić information content (AvgIpc) is 2.69. The molecule has 0 saturated carbocycles. The number of ether oxygens (including phenoxy) is 1. The van der Waals surface area contributed by atoms with E-state index < -0.39 is 10.8 Å². The lowest BCUT2D eigenvalue weighted by molar-refractivity contribution is -0.119. The second-order valence-corrected chi connectivity index (χ2v) is 8.59. The first-order chi connectivity index (χ1) is 13.9. The summed E-state index contributed by atoms with van der Waals surface area (Å²) < 4.78 is 18.0. The number of anilines is 1. The molecule has 29 heavy (non-hydrogen) atoms. The SMILES string of the molecule is Cc1cccc(NC(=O)C[S@](=O)CC(=O)NC[C@@H]2OCCc3ccccc32)c1C. The van der Waals surface area contributed by atoms with E-state index in [1.165, 1.54) is 5.56 Å². The van der Waals surface area contributed by atoms with Crippen molar-refractivity contribution in [1.82, 2.24) is 5.32 Å². The number of amides is 2. The lowest BCUT2D eigenvalue weighted by atomic mass is 9.97. The molecule has 1 heterocycles. The van der Waals surface area contributed by atoms with Gasteiger partial charge in [0.05, 0.1) is 6.61 Å². The first kappa shape index (κ1) is 21.2. The summed E-state index contributed by atoms with van der Waals surface area (Å²) >= 11 is 0. The highest BCUT2D eigenvalue weighted by molar-refractivity contribution is 7.86. The van der Waals surface area contributed by atoms with Gasteiger partial charge in [-0.1, -0.05) is 36.4 Å². The molecule has 7 heteroatoms. The quantitative estimate of drug-likeness (QED) is 0.729. The molecule has 6 nitrogen and oxygen atoms in total. The highest BCUT2D eigenvalue weighted by Gasteiger charge is 2.21. The van der Waals surface area contributed by atoms with Crippen molar-refractivity contribution < 1.29 is 18.5 Å². The molecule has 1 aliphatic rings. The molecule has 0 saturated heterocycles. The van der Waals surface area contributed by atoms with Gasteiger partial charge in [-0.3, -0.25) is 13.8 Å². The Morgan fingerprint density at radius 2 is 1.83 bits per heavy atom. The zero-order valence-electron chi connectivity index (χ0n) is 16.7. The number of rotatable bonds is 7. The Morgan fingerprint density at radius 3 is 2.66 bits per heavy atom. The van der Waals surface area contributed by atoms with Gasteiger partial charge >= 0.3 is 0 Å². The standard InChI is InChI=1S/C22H26N2O4S/c1-15-6-5-9-19(16(15)2)24-22(26)14-29(27)13-21(25)23-12-20-18-8-4-3-7-17(18)10-11-28-20/h3-9,20H,10-14H2,1-2H3,(H,23,25)(H,24,26)/t20-,29+/m0/s1. The van der Waals surface area contributed by atoms with Crippen LogP contribution in [0.3, 0.4) is 0 Å². The van der Waals surface area contributed by atoms with Gasteiger partial charge in [-0.15, -0.1) is 0 Å². The van der Waals surface area contributed by atoms with Crippen LogP contribution < -0.4 is 10.6 Å². The number of hydrogen-bond donors (Lipinski definition) is 2. The Hall–Kier alpha value is -2.51. The third-order valence-electron chi connectivity index (χ3n) is 5.04. The van der Waals surface area contributed by atoms with Crippen LogP contribution in [0.25, 0.3) is 0 Å². The Bertz CT molecular complexity index is 929. The van der Waals surface area contributed by atoms with E-state index in [1.54, 1.807) is 6.07 Å². The van der Waals surface area contributed by atoms with Gasteiger partial charge in [-0.25, -0.2) is 0 Å². The first-order valence-corrected chi connectivity index (χ1v) is 11.1. The fourth-order valence-electron chi connectivity index (χ4n) is 3.32. The van der Waals surface area contributed by atoms with E-state index in [1.807, 2.05) is 44.2 Å². The lowest BCUT2D eigenvalue weighted by Crippen LogP contribution is -2.35. The summed E-state index contributed by atoms with van der Waals surface area (Å²) in [5, 5.41) is 5.54. The summed E-state index contributed by atoms with van der Waals surface area (Å²) in [7, 11) is -1.58. The van der Waals surface area contributed by atoms with E-state index in [0.717, 1.165) is 23.1 Å². The predicted molar refractivity (Wildman–Crippen MR) is 114 cm³/mol. The van der Waals surface area contributed by atoms with Crippen LogP contribution in [0.5, 0.6) is 0 Å². The van der Waals surface area contributed by atoms with Gasteiger partial charge in [0.15, 0.2) is 0 Å². The van der Waals surface area contributed by atoms with Gasteiger partial charge in [0.25, 0.3) is 0 Å². The highest BCUT2D eigenvalue weighted by atomic mass is 32.2. The number of fused-ring (bicyclic) bond motifs is 1. The van der Waals surface area contributed by atoms with Crippen LogP contribution >= 0.6 is 0 Å². The summed E-state index contributed by atoms with van der Waals surface area (Å²) in [6, 6.07) is 13.6. The molecule has 2 N–H and O–H groups in total. The number of benzene rings is 2. The molecule has 0 radical (unpaired) electrons. The monoisotopic (exact) mass is 414 g/mol. The molecule has 0 aromatic heterocycles. The van der Waals surface area contributed by atoms with Crippen LogP contribution in [0, 0.1) is 13.8 Å². The normalized spacial score (nSPS) is 16.6. The second kappa shape index (κ2) is 9.80. The Morgan fingerprint density at radius 1 is 1.07 bits per heavy atom. The zero-order valence-corrected chi connectivity index (χ0v) is 17.5. The molecule has 2 aromatic rings. The van der Waals surface area contributed by atoms with E-state index in [2.05, 4.69) is 16.7 Å². The van der Waals surface area contributed by atoms with Crippen molar-refractivity contribution in [1.29, 1.82) is 0 Å². The minimum atomic E-state index is -1.58. The molecule has 0 unspecified atom stereocenters. The van der Waals surface area contributed by atoms with Crippen molar-refractivity contribution in [2.45, 2.75) is 26.4 Å². The summed E-state index contributed by atoms with van der Waals surface area (Å²) in [5.74, 6) is -1.15. The van der Waals surface area contributed by atoms with Gasteiger partial charge in [0.1, 0.15) is 17.6 Å². The van der Waals surface area contributed by atoms with Gasteiger partial charge < -0.3 is 15.4 Å². The van der Waals surface area contributed by atoms with Crippen LogP contribution in [0.15, 0.2) is 42.5 Å². The van der Waals surface area contributed by atoms with Crippen LogP contribution in [-0.4, -0.2) is 40.7 Å². The van der Waals surface area contributed by atoms with Crippen molar-refractivity contribution in [3.05, 3.63) is 64.7 Å². The van der Waals surface area contributed by atoms with Crippen molar-refractivity contribution in [3.63, 3.8) is 0 Å². The molecule has 0 bridgehead atoms. The molecule has 2 atom stereocenters. The van der Waals surface area contributed by atoms with E-state index in [4.69, 9.17) is 4.74 Å². The van der Waals surface area contributed by atoms with Crippen LogP contribution in [0.4, 0.5) is 5.69 Å². The topological polar surface area (TPSA) is 84.5 Å². The molecule has 0 aliphatic carbocycles. The lowest BCUT2D eigenvalue weighted by Gasteiger charge is -2.26. The fraction of sp³-hybridized carbons (Fsp3) is 0.364. The number of hydrogen-bond acceptors (Lipinski definition) is 4. The minimum absolute atomic E-state index is 0.204. The van der Waals surface area contributed by atoms with Gasteiger partial charge in [0.2, 0.25) is 11.8 Å². The maximum Gasteiger partial charge on any atom is 0.237 e. The molecule has 3 rings (SSSR count). The smallest absolute Gasteiger partial charge is 0.237 e. The van der Waals surface area contributed by atoms with E-state index >= 15 is 0 Å². The van der Waals surface area contributed by atoms with E-state index in [0.29, 0.717) is 18.8 Å². The van der Waals surface area contributed by atoms with Gasteiger partial charge in [-0.05, 0) is 48.6 Å². The largest absolute Gasteiger partial charge is 0.371 e. The van der Waals surface area contributed by atoms with Crippen LogP contribution in [0.1, 0.15) is 28.4 Å². The Labute approximate surface area is 173 Å². The molecular weight excluding hydrogens is 388 g/mol. The zero-order chi connectivity index (χ0) is 20.8. The summed E-state index contributed by atoms with van der Waals surface area (Å²) in [5.41, 5.74) is 5.04. The number of carbonyl (C=O) groups is 2. The summed E-state index contributed by atoms with van der Waals surface area (Å²) in [6.07, 6.45) is 0.658. The number of carbonyl (C=O) groups excluding carboxylic acids is 2. The minimum Gasteiger partial charge on any atom is -0.371 e. The van der Waals surface area contributed by atoms with Crippen molar-refractivity contribution in [2.24, 2.45) is 0 Å². The second-order valence-electron chi connectivity index (χ2n) is 7.14. The van der Waals surface area contributed by atoms with Crippen molar-refractivity contribution in [2.75, 3.05) is 30.0 Å². The maximum atomic E-state index is 12.2. The molecule has 0 spiro atoms. The van der Waals surface area contributed by atoms with Gasteiger partial charge in [0, 0.05) is 23.0 Å². The summed E-state index contributed by atoms with van der Waals surface area (Å²) in [6.45, 7) is 4.81. The van der Waals surface area contributed by atoms with Crippen molar-refractivity contribution >= 4 is 28.3 Å². The Kier molecular flexibility index (Phi) is 7.17. The Balaban J connectivity index is 1.45. The highest BCUT2D eigenvalue weighted by Crippen LogP contribution is 2.26. The molecular formula is C22H26N2O4S. The van der Waals surface area contributed by atoms with Crippen molar-refractivity contribution in [3.8, 4) is 0 Å². The van der Waals surface area contributed by atoms with E-state index in [9.17, 15) is 13.8 Å². The van der Waals surface area contributed by atoms with E-state index in [-0.39, 0.29) is 29.4 Å². The molecule has 2 aromatic carbocycles. The molecule has 154 valence electrons. The third-order valence-corrected chi connectivity index (χ3v) is 6.21.